The van der Waals surface area contributed by atoms with E-state index < -0.39 is 0 Å². The van der Waals surface area contributed by atoms with Gasteiger partial charge in [0.15, 0.2) is 0 Å². The first kappa shape index (κ1) is 42.9. The van der Waals surface area contributed by atoms with Crippen LogP contribution in [-0.2, 0) is 24.1 Å². The van der Waals surface area contributed by atoms with Crippen LogP contribution in [0.25, 0.3) is 0 Å². The largest absolute Gasteiger partial charge is 0.466 e. The molecular formula is C39H76O5. The minimum atomic E-state index is -0.301. The molecule has 0 rings (SSSR count). The van der Waals surface area contributed by atoms with Gasteiger partial charge in [0.05, 0.1) is 13.2 Å². The van der Waals surface area contributed by atoms with Crippen LogP contribution in [0.2, 0.25) is 0 Å². The van der Waals surface area contributed by atoms with Crippen molar-refractivity contribution in [3.63, 3.8) is 0 Å². The molecule has 5 nitrogen and oxygen atoms in total. The Morgan fingerprint density at radius 2 is 0.636 bits per heavy atom. The van der Waals surface area contributed by atoms with E-state index in [1.807, 2.05) is 0 Å². The lowest BCUT2D eigenvalue weighted by Gasteiger charge is -2.06. The second kappa shape index (κ2) is 38.1. The van der Waals surface area contributed by atoms with E-state index in [0.717, 1.165) is 25.7 Å². The fourth-order valence-corrected chi connectivity index (χ4v) is 5.81. The Balaban J connectivity index is 3.25. The van der Waals surface area contributed by atoms with Gasteiger partial charge in [-0.2, -0.15) is 4.89 Å². The van der Waals surface area contributed by atoms with Gasteiger partial charge in [-0.25, -0.2) is 4.79 Å². The van der Waals surface area contributed by atoms with Crippen molar-refractivity contribution in [2.24, 2.45) is 0 Å². The third-order valence-electron chi connectivity index (χ3n) is 8.76. The van der Waals surface area contributed by atoms with Gasteiger partial charge in [-0.15, -0.1) is 0 Å². The molecule has 0 atom stereocenters. The molecule has 0 aliphatic heterocycles. The van der Waals surface area contributed by atoms with Gasteiger partial charge in [0, 0.05) is 19.3 Å². The summed E-state index contributed by atoms with van der Waals surface area (Å²) in [6.45, 7) is 5.12. The van der Waals surface area contributed by atoms with Crippen LogP contribution >= 0.6 is 0 Å². The first-order chi connectivity index (χ1) is 21.7. The summed E-state index contributed by atoms with van der Waals surface area (Å²) in [7, 11) is 0. The maximum absolute atomic E-state index is 11.9. The highest BCUT2D eigenvalue weighted by molar-refractivity contribution is 5.69. The van der Waals surface area contributed by atoms with E-state index in [-0.39, 0.29) is 18.5 Å². The first-order valence-electron chi connectivity index (χ1n) is 19.7. The van der Waals surface area contributed by atoms with Gasteiger partial charge in [-0.3, -0.25) is 9.68 Å². The van der Waals surface area contributed by atoms with Crippen molar-refractivity contribution < 1.29 is 24.1 Å². The Morgan fingerprint density at radius 1 is 0.341 bits per heavy atom. The first-order valence-corrected chi connectivity index (χ1v) is 19.7. The van der Waals surface area contributed by atoms with Crippen molar-refractivity contribution in [1.29, 1.82) is 0 Å². The van der Waals surface area contributed by atoms with Crippen molar-refractivity contribution in [2.45, 2.75) is 226 Å². The maximum Gasteiger partial charge on any atom is 0.342 e. The number of ether oxygens (including phenoxy) is 1. The van der Waals surface area contributed by atoms with E-state index in [4.69, 9.17) is 14.5 Å². The molecule has 0 aliphatic rings. The zero-order valence-corrected chi connectivity index (χ0v) is 29.8. The van der Waals surface area contributed by atoms with E-state index in [0.29, 0.717) is 25.9 Å². The smallest absolute Gasteiger partial charge is 0.342 e. The van der Waals surface area contributed by atoms with Gasteiger partial charge in [0.25, 0.3) is 0 Å². The van der Waals surface area contributed by atoms with Gasteiger partial charge >= 0.3 is 11.9 Å². The molecule has 0 bridgehead atoms. The topological polar surface area (TPSA) is 61.8 Å². The summed E-state index contributed by atoms with van der Waals surface area (Å²) in [6, 6.07) is 0. The molecule has 0 radical (unpaired) electrons. The Bertz CT molecular complexity index is 529. The van der Waals surface area contributed by atoms with Crippen molar-refractivity contribution in [3.05, 3.63) is 0 Å². The lowest BCUT2D eigenvalue weighted by atomic mass is 10.0. The SMILES string of the molecule is CCCCCCCCCCCCCCCCCC(=O)OCCCOOC(=O)CCCCCCCCCCCCCCCCC. The molecule has 0 saturated heterocycles. The third kappa shape index (κ3) is 37.1. The summed E-state index contributed by atoms with van der Waals surface area (Å²) in [4.78, 5) is 33.5. The molecule has 0 spiro atoms. The molecule has 262 valence electrons. The van der Waals surface area contributed by atoms with Crippen LogP contribution < -0.4 is 0 Å². The Kier molecular flexibility index (Phi) is 37.1. The number of carbonyl (C=O) groups is 2. The highest BCUT2D eigenvalue weighted by Crippen LogP contribution is 2.15. The van der Waals surface area contributed by atoms with Crippen molar-refractivity contribution in [1.82, 2.24) is 0 Å². The Labute approximate surface area is 274 Å². The standard InChI is InChI=1S/C39H76O5/c1-3-5-7-9-11-13-15-17-19-21-23-25-27-29-31-34-38(40)42-36-33-37-43-44-39(41)35-32-30-28-26-24-22-20-18-16-14-12-10-8-6-4-2/h3-37H2,1-2H3. The molecule has 0 amide bonds. The minimum Gasteiger partial charge on any atom is -0.466 e. The fraction of sp³-hybridized carbons (Fsp3) is 0.949. The lowest BCUT2D eigenvalue weighted by Crippen LogP contribution is -2.10. The van der Waals surface area contributed by atoms with E-state index in [9.17, 15) is 9.59 Å². The van der Waals surface area contributed by atoms with E-state index in [2.05, 4.69) is 13.8 Å². The molecule has 5 heteroatoms. The maximum atomic E-state index is 11.9. The van der Waals surface area contributed by atoms with Crippen molar-refractivity contribution in [2.75, 3.05) is 13.2 Å². The van der Waals surface area contributed by atoms with E-state index >= 15 is 0 Å². The van der Waals surface area contributed by atoms with Gasteiger partial charge in [0.1, 0.15) is 0 Å². The van der Waals surface area contributed by atoms with Crippen LogP contribution in [0.1, 0.15) is 226 Å². The second-order valence-corrected chi connectivity index (χ2v) is 13.3. The fourth-order valence-electron chi connectivity index (χ4n) is 5.81. The second-order valence-electron chi connectivity index (χ2n) is 13.3. The van der Waals surface area contributed by atoms with Crippen LogP contribution in [0.5, 0.6) is 0 Å². The summed E-state index contributed by atoms with van der Waals surface area (Å²) >= 11 is 0. The molecule has 0 unspecified atom stereocenters. The molecule has 0 N–H and O–H groups in total. The summed E-state index contributed by atoms with van der Waals surface area (Å²) < 4.78 is 5.27. The van der Waals surface area contributed by atoms with E-state index in [1.165, 1.54) is 167 Å². The Morgan fingerprint density at radius 3 is 0.977 bits per heavy atom. The Hall–Kier alpha value is -1.10. The summed E-state index contributed by atoms with van der Waals surface area (Å²) in [5, 5.41) is 0. The van der Waals surface area contributed by atoms with Crippen LogP contribution in [0.15, 0.2) is 0 Å². The minimum absolute atomic E-state index is 0.134. The molecule has 0 aromatic rings. The van der Waals surface area contributed by atoms with Crippen molar-refractivity contribution in [3.8, 4) is 0 Å². The lowest BCUT2D eigenvalue weighted by molar-refractivity contribution is -0.273. The molecule has 44 heavy (non-hydrogen) atoms. The van der Waals surface area contributed by atoms with Crippen molar-refractivity contribution >= 4 is 11.9 Å². The van der Waals surface area contributed by atoms with E-state index in [1.54, 1.807) is 0 Å². The number of unbranched alkanes of at least 4 members (excludes halogenated alkanes) is 28. The number of hydrogen-bond acceptors (Lipinski definition) is 5. The molecule has 0 saturated carbocycles. The predicted octanol–water partition coefficient (Wildman–Crippen LogP) is 12.9. The van der Waals surface area contributed by atoms with Gasteiger partial charge < -0.3 is 4.74 Å². The van der Waals surface area contributed by atoms with Gasteiger partial charge in [0.2, 0.25) is 0 Å². The molecule has 0 aromatic heterocycles. The van der Waals surface area contributed by atoms with Crippen LogP contribution in [0, 0.1) is 0 Å². The highest BCUT2D eigenvalue weighted by atomic mass is 17.2. The summed E-state index contributed by atoms with van der Waals surface area (Å²) in [5.41, 5.74) is 0. The highest BCUT2D eigenvalue weighted by Gasteiger charge is 2.06. The zero-order chi connectivity index (χ0) is 32.0. The van der Waals surface area contributed by atoms with Crippen LogP contribution in [0.3, 0.4) is 0 Å². The monoisotopic (exact) mass is 625 g/mol. The van der Waals surface area contributed by atoms with Gasteiger partial charge in [-0.1, -0.05) is 194 Å². The number of carbonyl (C=O) groups excluding carboxylic acids is 2. The number of rotatable bonds is 37. The average Bonchev–Trinajstić information content (AvgIpc) is 3.02. The predicted molar refractivity (Wildman–Crippen MR) is 187 cm³/mol. The van der Waals surface area contributed by atoms with Crippen LogP contribution in [0.4, 0.5) is 0 Å². The molecule has 0 aliphatic carbocycles. The number of hydrogen-bond donors (Lipinski definition) is 0. The molecular weight excluding hydrogens is 548 g/mol. The van der Waals surface area contributed by atoms with Crippen LogP contribution in [-0.4, -0.2) is 25.2 Å². The molecule has 0 heterocycles. The zero-order valence-electron chi connectivity index (χ0n) is 29.8. The third-order valence-corrected chi connectivity index (χ3v) is 8.76. The summed E-state index contributed by atoms with van der Waals surface area (Å²) in [5.74, 6) is -0.435. The van der Waals surface area contributed by atoms with Gasteiger partial charge in [-0.05, 0) is 12.8 Å². The molecule has 0 fully saturated rings. The summed E-state index contributed by atoms with van der Waals surface area (Å²) in [6.07, 6.45) is 40.8. The normalized spacial score (nSPS) is 11.2. The quantitative estimate of drug-likeness (QED) is 0.0298. The average molecular weight is 625 g/mol. The molecule has 0 aromatic carbocycles. The number of esters is 1.